The molecule has 6 nitrogen and oxygen atoms in total. The van der Waals surface area contributed by atoms with Crippen LogP contribution in [0.25, 0.3) is 0 Å². The minimum atomic E-state index is -0.659. The summed E-state index contributed by atoms with van der Waals surface area (Å²) in [5.41, 5.74) is 0. The number of aliphatic hydroxyl groups is 2. The van der Waals surface area contributed by atoms with E-state index in [2.05, 4.69) is 43.5 Å². The molecule has 0 saturated carbocycles. The molecule has 2 unspecified atom stereocenters. The van der Waals surface area contributed by atoms with Crippen molar-refractivity contribution >= 4 is 11.9 Å². The third kappa shape index (κ3) is 63.4. The Kier molecular flexibility index (Phi) is 65.4. The quantitative estimate of drug-likeness (QED) is 0.0320. The molecule has 0 rings (SSSR count). The third-order valence-corrected chi connectivity index (χ3v) is 16.5. The fraction of sp³-hybridized carbons (Fsp3) is 0.915. The van der Waals surface area contributed by atoms with Gasteiger partial charge in [0.25, 0.3) is 0 Å². The van der Waals surface area contributed by atoms with Crippen LogP contribution in [0, 0.1) is 0 Å². The summed E-state index contributed by atoms with van der Waals surface area (Å²) >= 11 is 0. The van der Waals surface area contributed by atoms with Gasteiger partial charge in [-0.15, -0.1) is 0 Å². The number of rotatable bonds is 66. The molecule has 0 aliphatic carbocycles. The van der Waals surface area contributed by atoms with Crippen LogP contribution in [0.15, 0.2) is 24.3 Å². The zero-order chi connectivity index (χ0) is 55.7. The monoisotopic (exact) mass is 1080 g/mol. The number of aliphatic hydroxyl groups excluding tert-OH is 2. The Hall–Kier alpha value is -1.66. The van der Waals surface area contributed by atoms with Gasteiger partial charge in [-0.05, 0) is 77.0 Å². The minimum absolute atomic E-state index is 0.0127. The molecule has 2 atom stereocenters. The highest BCUT2D eigenvalue weighted by atomic mass is 16.5. The van der Waals surface area contributed by atoms with Gasteiger partial charge in [0.15, 0.2) is 0 Å². The van der Waals surface area contributed by atoms with Crippen LogP contribution in [0.5, 0.6) is 0 Å². The maximum Gasteiger partial charge on any atom is 0.305 e. The Morgan fingerprint density at radius 1 is 0.351 bits per heavy atom. The van der Waals surface area contributed by atoms with Gasteiger partial charge in [0.05, 0.1) is 25.4 Å². The fourth-order valence-corrected chi connectivity index (χ4v) is 11.1. The van der Waals surface area contributed by atoms with Crippen molar-refractivity contribution in [3.8, 4) is 0 Å². The van der Waals surface area contributed by atoms with Crippen molar-refractivity contribution in [2.45, 2.75) is 405 Å². The first kappa shape index (κ1) is 75.3. The Morgan fingerprint density at radius 3 is 0.922 bits per heavy atom. The first-order valence-corrected chi connectivity index (χ1v) is 35.1. The van der Waals surface area contributed by atoms with E-state index < -0.39 is 12.1 Å². The molecular formula is C71H137NO5. The van der Waals surface area contributed by atoms with Gasteiger partial charge in [-0.2, -0.15) is 0 Å². The molecule has 0 aliphatic rings. The lowest BCUT2D eigenvalue weighted by Gasteiger charge is -2.22. The van der Waals surface area contributed by atoms with E-state index >= 15 is 0 Å². The van der Waals surface area contributed by atoms with Crippen molar-refractivity contribution in [3.05, 3.63) is 24.3 Å². The summed E-state index contributed by atoms with van der Waals surface area (Å²) in [6.07, 6.45) is 83.9. The van der Waals surface area contributed by atoms with Crippen molar-refractivity contribution in [2.24, 2.45) is 0 Å². The Labute approximate surface area is 481 Å². The van der Waals surface area contributed by atoms with Crippen molar-refractivity contribution in [3.63, 3.8) is 0 Å². The summed E-state index contributed by atoms with van der Waals surface area (Å²) < 4.78 is 5.49. The average molecular weight is 1080 g/mol. The number of hydrogen-bond donors (Lipinski definition) is 3. The highest BCUT2D eigenvalue weighted by molar-refractivity contribution is 5.76. The number of amides is 1. The van der Waals surface area contributed by atoms with Crippen LogP contribution in [0.2, 0.25) is 0 Å². The van der Waals surface area contributed by atoms with Crippen molar-refractivity contribution in [1.82, 2.24) is 5.32 Å². The predicted octanol–water partition coefficient (Wildman–Crippen LogP) is 22.5. The molecule has 0 aromatic carbocycles. The van der Waals surface area contributed by atoms with E-state index in [1.807, 2.05) is 0 Å². The van der Waals surface area contributed by atoms with Crippen LogP contribution in [0.4, 0.5) is 0 Å². The second kappa shape index (κ2) is 66.8. The van der Waals surface area contributed by atoms with Gasteiger partial charge >= 0.3 is 5.97 Å². The number of nitrogens with one attached hydrogen (secondary N) is 1. The van der Waals surface area contributed by atoms with E-state index in [1.54, 1.807) is 0 Å². The van der Waals surface area contributed by atoms with E-state index in [1.165, 1.54) is 315 Å². The van der Waals surface area contributed by atoms with Crippen LogP contribution in [0.1, 0.15) is 393 Å². The molecule has 0 aromatic heterocycles. The topological polar surface area (TPSA) is 95.9 Å². The lowest BCUT2D eigenvalue weighted by atomic mass is 10.0. The fourth-order valence-electron chi connectivity index (χ4n) is 11.1. The summed E-state index contributed by atoms with van der Waals surface area (Å²) in [5, 5.41) is 23.2. The molecular weight excluding hydrogens is 947 g/mol. The van der Waals surface area contributed by atoms with E-state index in [9.17, 15) is 19.8 Å². The molecule has 6 heteroatoms. The molecule has 0 spiro atoms. The molecule has 0 saturated heterocycles. The normalized spacial score (nSPS) is 12.6. The number of ether oxygens (including phenoxy) is 1. The molecule has 0 fully saturated rings. The standard InChI is InChI=1S/C71H137NO5/c1-3-5-7-9-11-13-15-16-38-42-45-49-53-57-61-65-71(76)77-66-62-58-54-50-46-43-40-37-35-33-31-29-27-25-23-21-19-17-18-20-22-24-26-28-30-32-34-36-39-41-44-48-52-56-60-64-70(75)72-68(67-73)69(74)63-59-55-51-47-14-12-10-8-6-4-2/h16,19,21,38,68-69,73-74H,3-15,17-18,20,22-37,39-67H2,1-2H3,(H,72,75)/b21-19-,38-16-. The molecule has 0 bridgehead atoms. The SMILES string of the molecule is CCCCCCCC/C=C\CCCCCCCC(=O)OCCCCCCCCCCCCCCCC/C=C\CCCCCCCCCCCCCCCCCCCC(=O)NC(CO)C(O)CCCCCCCCCCCC. The number of unbranched alkanes of at least 4 members (excludes halogenated alkanes) is 51. The second-order valence-electron chi connectivity index (χ2n) is 24.2. The van der Waals surface area contributed by atoms with E-state index in [0.29, 0.717) is 25.9 Å². The van der Waals surface area contributed by atoms with Crippen molar-refractivity contribution in [1.29, 1.82) is 0 Å². The molecule has 0 aliphatic heterocycles. The first-order chi connectivity index (χ1) is 38.0. The largest absolute Gasteiger partial charge is 0.466 e. The zero-order valence-electron chi connectivity index (χ0n) is 52.2. The predicted molar refractivity (Wildman–Crippen MR) is 338 cm³/mol. The number of hydrogen-bond acceptors (Lipinski definition) is 5. The highest BCUT2D eigenvalue weighted by Crippen LogP contribution is 2.19. The minimum Gasteiger partial charge on any atom is -0.466 e. The van der Waals surface area contributed by atoms with Gasteiger partial charge in [0.2, 0.25) is 5.91 Å². The Balaban J connectivity index is 3.31. The van der Waals surface area contributed by atoms with Gasteiger partial charge in [-0.3, -0.25) is 9.59 Å². The van der Waals surface area contributed by atoms with E-state index in [4.69, 9.17) is 4.74 Å². The molecule has 0 aromatic rings. The van der Waals surface area contributed by atoms with Gasteiger partial charge in [0, 0.05) is 12.8 Å². The lowest BCUT2D eigenvalue weighted by molar-refractivity contribution is -0.143. The van der Waals surface area contributed by atoms with Gasteiger partial charge in [-0.25, -0.2) is 0 Å². The summed E-state index contributed by atoms with van der Waals surface area (Å²) in [7, 11) is 0. The Morgan fingerprint density at radius 2 is 0.610 bits per heavy atom. The van der Waals surface area contributed by atoms with Gasteiger partial charge < -0.3 is 20.3 Å². The smallest absolute Gasteiger partial charge is 0.305 e. The maximum absolute atomic E-state index is 12.4. The third-order valence-electron chi connectivity index (χ3n) is 16.5. The lowest BCUT2D eigenvalue weighted by Crippen LogP contribution is -2.45. The maximum atomic E-state index is 12.4. The van der Waals surface area contributed by atoms with E-state index in [0.717, 1.165) is 44.9 Å². The van der Waals surface area contributed by atoms with Crippen LogP contribution >= 0.6 is 0 Å². The summed E-state index contributed by atoms with van der Waals surface area (Å²) in [4.78, 5) is 24.5. The van der Waals surface area contributed by atoms with Crippen LogP contribution in [-0.4, -0.2) is 47.4 Å². The summed E-state index contributed by atoms with van der Waals surface area (Å²) in [6.45, 7) is 4.96. The van der Waals surface area contributed by atoms with Gasteiger partial charge in [-0.1, -0.05) is 327 Å². The highest BCUT2D eigenvalue weighted by Gasteiger charge is 2.20. The van der Waals surface area contributed by atoms with Gasteiger partial charge in [0.1, 0.15) is 0 Å². The molecule has 1 amide bonds. The average Bonchev–Trinajstić information content (AvgIpc) is 3.43. The summed E-state index contributed by atoms with van der Waals surface area (Å²) in [5.74, 6) is -0.0186. The van der Waals surface area contributed by atoms with Crippen LogP contribution in [0.3, 0.4) is 0 Å². The van der Waals surface area contributed by atoms with Crippen molar-refractivity contribution in [2.75, 3.05) is 13.2 Å². The molecule has 0 heterocycles. The summed E-state index contributed by atoms with van der Waals surface area (Å²) in [6, 6.07) is -0.536. The number of allylic oxidation sites excluding steroid dienone is 4. The zero-order valence-corrected chi connectivity index (χ0v) is 52.2. The Bertz CT molecular complexity index is 1200. The van der Waals surface area contributed by atoms with Crippen LogP contribution < -0.4 is 5.32 Å². The molecule has 456 valence electrons. The number of esters is 1. The van der Waals surface area contributed by atoms with E-state index in [-0.39, 0.29) is 18.5 Å². The number of carbonyl (C=O) groups is 2. The molecule has 3 N–H and O–H groups in total. The second-order valence-corrected chi connectivity index (χ2v) is 24.2. The number of carbonyl (C=O) groups excluding carboxylic acids is 2. The molecule has 0 radical (unpaired) electrons. The van der Waals surface area contributed by atoms with Crippen molar-refractivity contribution < 1.29 is 24.5 Å². The van der Waals surface area contributed by atoms with Crippen LogP contribution in [-0.2, 0) is 14.3 Å². The molecule has 77 heavy (non-hydrogen) atoms. The first-order valence-electron chi connectivity index (χ1n) is 35.1.